The van der Waals surface area contributed by atoms with Crippen molar-refractivity contribution in [3.63, 3.8) is 0 Å². The molecule has 22 heavy (non-hydrogen) atoms. The van der Waals surface area contributed by atoms with Gasteiger partial charge in [-0.05, 0) is 37.6 Å². The Kier molecular flexibility index (Phi) is 4.31. The Morgan fingerprint density at radius 1 is 1.32 bits per heavy atom. The number of fused-ring (bicyclic) bond motifs is 1. The van der Waals surface area contributed by atoms with E-state index >= 15 is 0 Å². The van der Waals surface area contributed by atoms with Gasteiger partial charge in [-0.1, -0.05) is 6.07 Å². The highest BCUT2D eigenvalue weighted by Crippen LogP contribution is 2.34. The van der Waals surface area contributed by atoms with Crippen LogP contribution >= 0.6 is 0 Å². The van der Waals surface area contributed by atoms with E-state index in [0.717, 1.165) is 11.3 Å². The van der Waals surface area contributed by atoms with Crippen molar-refractivity contribution < 1.29 is 14.6 Å². The molecule has 0 spiro atoms. The molecule has 6 nitrogen and oxygen atoms in total. The van der Waals surface area contributed by atoms with Crippen LogP contribution in [0.3, 0.4) is 0 Å². The molecule has 1 aliphatic heterocycles. The summed E-state index contributed by atoms with van der Waals surface area (Å²) in [6.07, 6.45) is 3.11. The van der Waals surface area contributed by atoms with Gasteiger partial charge in [0, 0.05) is 25.0 Å². The highest BCUT2D eigenvalue weighted by molar-refractivity contribution is 5.45. The third-order valence-corrected chi connectivity index (χ3v) is 4.08. The Labute approximate surface area is 129 Å². The molecule has 118 valence electrons. The first-order chi connectivity index (χ1) is 10.6. The zero-order chi connectivity index (χ0) is 15.5. The molecule has 1 aromatic carbocycles. The van der Waals surface area contributed by atoms with Crippen LogP contribution in [0.5, 0.6) is 11.5 Å². The minimum absolute atomic E-state index is 0.184. The normalized spacial score (nSPS) is 17.2. The van der Waals surface area contributed by atoms with Crippen molar-refractivity contribution in [2.75, 3.05) is 13.3 Å². The van der Waals surface area contributed by atoms with E-state index in [2.05, 4.69) is 24.3 Å². The summed E-state index contributed by atoms with van der Waals surface area (Å²) in [5, 5.41) is 17.9. The molecule has 0 amide bonds. The van der Waals surface area contributed by atoms with Crippen molar-refractivity contribution in [3.05, 3.63) is 42.2 Å². The molecular weight excluding hydrogens is 282 g/mol. The number of ether oxygens (including phenoxy) is 2. The lowest BCUT2D eigenvalue weighted by Gasteiger charge is -2.23. The third-order valence-electron chi connectivity index (χ3n) is 4.08. The molecule has 0 bridgehead atoms. The summed E-state index contributed by atoms with van der Waals surface area (Å²) < 4.78 is 12.5. The smallest absolute Gasteiger partial charge is 0.231 e. The molecule has 0 saturated heterocycles. The first-order valence-corrected chi connectivity index (χ1v) is 7.45. The predicted molar refractivity (Wildman–Crippen MR) is 81.9 cm³/mol. The predicted octanol–water partition coefficient (Wildman–Crippen LogP) is 1.88. The van der Waals surface area contributed by atoms with Crippen molar-refractivity contribution in [2.45, 2.75) is 32.0 Å². The molecule has 6 heteroatoms. The lowest BCUT2D eigenvalue weighted by atomic mass is 10.1. The Hall–Kier alpha value is -2.05. The first-order valence-electron chi connectivity index (χ1n) is 7.45. The number of aliphatic hydroxyl groups excluding tert-OH is 1. The molecule has 0 radical (unpaired) electrons. The van der Waals surface area contributed by atoms with Gasteiger partial charge in [0.2, 0.25) is 6.79 Å². The van der Waals surface area contributed by atoms with Crippen LogP contribution in [-0.4, -0.2) is 34.3 Å². The number of nitrogens with one attached hydrogen (secondary N) is 1. The minimum Gasteiger partial charge on any atom is -0.454 e. The molecule has 0 unspecified atom stereocenters. The number of rotatable bonds is 6. The quantitative estimate of drug-likeness (QED) is 0.853. The molecule has 1 aromatic heterocycles. The van der Waals surface area contributed by atoms with Gasteiger partial charge >= 0.3 is 0 Å². The second-order valence-corrected chi connectivity index (χ2v) is 5.55. The highest BCUT2D eigenvalue weighted by Gasteiger charge is 2.19. The summed E-state index contributed by atoms with van der Waals surface area (Å²) in [5.74, 6) is 1.42. The van der Waals surface area contributed by atoms with E-state index in [9.17, 15) is 5.11 Å². The number of aromatic nitrogens is 2. The number of benzene rings is 1. The van der Waals surface area contributed by atoms with Crippen LogP contribution in [-0.2, 0) is 0 Å². The van der Waals surface area contributed by atoms with E-state index in [-0.39, 0.29) is 18.9 Å². The van der Waals surface area contributed by atoms with Crippen LogP contribution in [0.4, 0.5) is 0 Å². The van der Waals surface area contributed by atoms with E-state index in [1.807, 2.05) is 35.1 Å². The Morgan fingerprint density at radius 3 is 2.91 bits per heavy atom. The van der Waals surface area contributed by atoms with Gasteiger partial charge in [0.25, 0.3) is 0 Å². The van der Waals surface area contributed by atoms with Crippen LogP contribution in [0.25, 0.3) is 0 Å². The fourth-order valence-corrected chi connectivity index (χ4v) is 2.46. The first kappa shape index (κ1) is 14.9. The van der Waals surface area contributed by atoms with Crippen LogP contribution in [0.15, 0.2) is 36.7 Å². The number of aliphatic hydroxyl groups is 1. The molecule has 2 N–H and O–H groups in total. The van der Waals surface area contributed by atoms with E-state index in [4.69, 9.17) is 9.47 Å². The third kappa shape index (κ3) is 3.08. The van der Waals surface area contributed by atoms with E-state index in [1.165, 1.54) is 0 Å². The van der Waals surface area contributed by atoms with Crippen molar-refractivity contribution in [1.29, 1.82) is 0 Å². The summed E-state index contributed by atoms with van der Waals surface area (Å²) in [4.78, 5) is 0. The standard InChI is InChI=1S/C16H21N3O3/c1-11(12(2)19-7-3-6-18-19)17-9-14(20)13-4-5-15-16(8-13)22-10-21-15/h3-8,11-12,14,17,20H,9-10H2,1-2H3/t11-,12+,14-/m0/s1. The molecule has 0 saturated carbocycles. The van der Waals surface area contributed by atoms with Gasteiger partial charge in [0.05, 0.1) is 12.1 Å². The fraction of sp³-hybridized carbons (Fsp3) is 0.438. The van der Waals surface area contributed by atoms with Crippen LogP contribution in [0, 0.1) is 0 Å². The van der Waals surface area contributed by atoms with Crippen LogP contribution in [0.1, 0.15) is 31.6 Å². The summed E-state index contributed by atoms with van der Waals surface area (Å²) >= 11 is 0. The second-order valence-electron chi connectivity index (χ2n) is 5.55. The van der Waals surface area contributed by atoms with E-state index < -0.39 is 6.10 Å². The van der Waals surface area contributed by atoms with Gasteiger partial charge in [-0.25, -0.2) is 0 Å². The molecule has 0 aliphatic carbocycles. The van der Waals surface area contributed by atoms with Gasteiger partial charge in [-0.2, -0.15) is 5.10 Å². The van der Waals surface area contributed by atoms with Crippen molar-refractivity contribution in [2.24, 2.45) is 0 Å². The summed E-state index contributed by atoms with van der Waals surface area (Å²) in [6, 6.07) is 7.82. The molecule has 1 aliphatic rings. The zero-order valence-electron chi connectivity index (χ0n) is 12.8. The molecule has 3 atom stereocenters. The zero-order valence-corrected chi connectivity index (χ0v) is 12.8. The van der Waals surface area contributed by atoms with E-state index in [1.54, 1.807) is 6.20 Å². The average Bonchev–Trinajstić information content (AvgIpc) is 3.21. The minimum atomic E-state index is -0.596. The maximum absolute atomic E-state index is 10.3. The van der Waals surface area contributed by atoms with Crippen molar-refractivity contribution in [3.8, 4) is 11.5 Å². The largest absolute Gasteiger partial charge is 0.454 e. The topological polar surface area (TPSA) is 68.5 Å². The Morgan fingerprint density at radius 2 is 2.14 bits per heavy atom. The summed E-state index contributed by atoms with van der Waals surface area (Å²) in [5.41, 5.74) is 0.815. The van der Waals surface area contributed by atoms with Gasteiger partial charge in [0.15, 0.2) is 11.5 Å². The van der Waals surface area contributed by atoms with E-state index in [0.29, 0.717) is 12.3 Å². The lowest BCUT2D eigenvalue weighted by molar-refractivity contribution is 0.164. The maximum Gasteiger partial charge on any atom is 0.231 e. The highest BCUT2D eigenvalue weighted by atomic mass is 16.7. The van der Waals surface area contributed by atoms with Crippen LogP contribution < -0.4 is 14.8 Å². The Balaban J connectivity index is 1.56. The van der Waals surface area contributed by atoms with Gasteiger partial charge in [-0.15, -0.1) is 0 Å². The molecule has 0 fully saturated rings. The summed E-state index contributed by atoms with van der Waals surface area (Å²) in [7, 11) is 0. The van der Waals surface area contributed by atoms with Gasteiger partial charge in [-0.3, -0.25) is 4.68 Å². The van der Waals surface area contributed by atoms with Crippen molar-refractivity contribution in [1.82, 2.24) is 15.1 Å². The van der Waals surface area contributed by atoms with Gasteiger partial charge < -0.3 is 19.9 Å². The lowest BCUT2D eigenvalue weighted by Crippen LogP contribution is -2.36. The molecule has 2 heterocycles. The summed E-state index contributed by atoms with van der Waals surface area (Å²) in [6.45, 7) is 4.88. The average molecular weight is 303 g/mol. The SMILES string of the molecule is C[C@H](NC[C@H](O)c1ccc2c(c1)OCO2)[C@@H](C)n1cccn1. The van der Waals surface area contributed by atoms with Crippen LogP contribution in [0.2, 0.25) is 0 Å². The van der Waals surface area contributed by atoms with Crippen molar-refractivity contribution >= 4 is 0 Å². The molecule has 2 aromatic rings. The Bertz CT molecular complexity index is 615. The number of nitrogens with zero attached hydrogens (tertiary/aromatic N) is 2. The second kappa shape index (κ2) is 6.37. The molecular formula is C16H21N3O3. The maximum atomic E-state index is 10.3. The van der Waals surface area contributed by atoms with Gasteiger partial charge in [0.1, 0.15) is 0 Å². The fourth-order valence-electron chi connectivity index (χ4n) is 2.46. The monoisotopic (exact) mass is 303 g/mol. The number of hydrogen-bond acceptors (Lipinski definition) is 5. The number of hydrogen-bond donors (Lipinski definition) is 2. The molecule has 3 rings (SSSR count).